The molecule has 1 aliphatic rings. The second-order valence-corrected chi connectivity index (χ2v) is 9.06. The van der Waals surface area contributed by atoms with Gasteiger partial charge in [0.1, 0.15) is 40.2 Å². The summed E-state index contributed by atoms with van der Waals surface area (Å²) < 4.78 is 0. The summed E-state index contributed by atoms with van der Waals surface area (Å²) in [6.45, 7) is 0. The summed E-state index contributed by atoms with van der Waals surface area (Å²) in [5.41, 5.74) is 1.91. The lowest BCUT2D eigenvalue weighted by Crippen LogP contribution is -2.18. The molecule has 4 atom stereocenters. The van der Waals surface area contributed by atoms with Crippen molar-refractivity contribution < 1.29 is 40.9 Å². The molecule has 184 valence electrons. The minimum absolute atomic E-state index is 0.00824. The zero-order chi connectivity index (χ0) is 25.7. The Bertz CT molecular complexity index is 1430. The minimum Gasteiger partial charge on any atom is -0.508 e. The van der Waals surface area contributed by atoms with Crippen LogP contribution in [0.1, 0.15) is 51.7 Å². The van der Waals surface area contributed by atoms with E-state index in [-0.39, 0.29) is 40.2 Å². The van der Waals surface area contributed by atoms with E-state index in [0.717, 1.165) is 18.2 Å². The summed E-state index contributed by atoms with van der Waals surface area (Å²) in [4.78, 5) is 0. The van der Waals surface area contributed by atoms with E-state index in [9.17, 15) is 40.9 Å². The Balaban J connectivity index is 1.81. The van der Waals surface area contributed by atoms with Gasteiger partial charge in [-0.15, -0.1) is 0 Å². The molecule has 0 saturated carbocycles. The number of rotatable bonds is 4. The normalized spacial score (nSPS) is 19.6. The van der Waals surface area contributed by atoms with E-state index in [4.69, 9.17) is 0 Å². The first-order valence-electron chi connectivity index (χ1n) is 11.2. The summed E-state index contributed by atoms with van der Waals surface area (Å²) in [5, 5.41) is 83.8. The van der Waals surface area contributed by atoms with Gasteiger partial charge < -0.3 is 40.9 Å². The molecule has 5 rings (SSSR count). The largest absolute Gasteiger partial charge is 0.508 e. The number of fused-ring (bicyclic) bond motifs is 1. The molecule has 0 saturated heterocycles. The van der Waals surface area contributed by atoms with Crippen molar-refractivity contribution in [2.75, 3.05) is 0 Å². The number of phenols is 7. The van der Waals surface area contributed by atoms with E-state index < -0.39 is 23.9 Å². The van der Waals surface area contributed by atoms with Gasteiger partial charge in [-0.2, -0.15) is 0 Å². The first-order chi connectivity index (χ1) is 17.1. The number of hydrogen-bond acceptors (Lipinski definition) is 8. The molecule has 0 fully saturated rings. The summed E-state index contributed by atoms with van der Waals surface area (Å²) in [6, 6.07) is 16.6. The molecule has 0 heterocycles. The van der Waals surface area contributed by atoms with Crippen LogP contribution in [0.4, 0.5) is 0 Å². The second kappa shape index (κ2) is 8.58. The van der Waals surface area contributed by atoms with Crippen LogP contribution in [-0.2, 0) is 0 Å². The van der Waals surface area contributed by atoms with Crippen molar-refractivity contribution in [3.63, 3.8) is 0 Å². The quantitative estimate of drug-likeness (QED) is 0.210. The fourth-order valence-electron chi connectivity index (χ4n) is 5.44. The van der Waals surface area contributed by atoms with Gasteiger partial charge in [-0.25, -0.2) is 0 Å². The van der Waals surface area contributed by atoms with Crippen molar-refractivity contribution >= 4 is 0 Å². The third-order valence-electron chi connectivity index (χ3n) is 6.82. The van der Waals surface area contributed by atoms with E-state index in [2.05, 4.69) is 0 Å². The fraction of sp³-hybridized carbons (Fsp3) is 0.143. The van der Waals surface area contributed by atoms with Crippen LogP contribution in [0.5, 0.6) is 40.2 Å². The van der Waals surface area contributed by atoms with Gasteiger partial charge in [-0.05, 0) is 58.7 Å². The predicted molar refractivity (Wildman–Crippen MR) is 130 cm³/mol. The molecule has 1 aliphatic carbocycles. The Morgan fingerprint density at radius 2 is 1.11 bits per heavy atom. The lowest BCUT2D eigenvalue weighted by Gasteiger charge is -2.30. The molecule has 8 heteroatoms. The van der Waals surface area contributed by atoms with Crippen LogP contribution in [0.3, 0.4) is 0 Å². The topological polar surface area (TPSA) is 162 Å². The number of aliphatic hydroxyl groups excluding tert-OH is 1. The average molecular weight is 488 g/mol. The number of aliphatic hydroxyl groups is 1. The summed E-state index contributed by atoms with van der Waals surface area (Å²) in [7, 11) is 0. The smallest absolute Gasteiger partial charge is 0.123 e. The summed E-state index contributed by atoms with van der Waals surface area (Å²) >= 11 is 0. The number of aromatic hydroxyl groups is 7. The summed E-state index contributed by atoms with van der Waals surface area (Å²) in [6.07, 6.45) is -1.22. The van der Waals surface area contributed by atoms with E-state index in [1.54, 1.807) is 12.1 Å². The molecule has 0 unspecified atom stereocenters. The van der Waals surface area contributed by atoms with Crippen LogP contribution >= 0.6 is 0 Å². The molecule has 8 N–H and O–H groups in total. The third kappa shape index (κ3) is 3.87. The van der Waals surface area contributed by atoms with E-state index >= 15 is 0 Å². The van der Waals surface area contributed by atoms with Crippen LogP contribution in [0.25, 0.3) is 0 Å². The second-order valence-electron chi connectivity index (χ2n) is 9.06. The van der Waals surface area contributed by atoms with E-state index in [0.29, 0.717) is 27.8 Å². The van der Waals surface area contributed by atoms with Crippen LogP contribution in [0.2, 0.25) is 0 Å². The van der Waals surface area contributed by atoms with Crippen LogP contribution in [-0.4, -0.2) is 40.9 Å². The molecule has 0 bridgehead atoms. The zero-order valence-corrected chi connectivity index (χ0v) is 18.8. The molecule has 4 aromatic rings. The number of benzene rings is 4. The molecule has 0 radical (unpaired) electrons. The Morgan fingerprint density at radius 1 is 0.528 bits per heavy atom. The minimum atomic E-state index is -1.22. The summed E-state index contributed by atoms with van der Waals surface area (Å²) in [5.74, 6) is -3.76. The first kappa shape index (κ1) is 23.2. The lowest BCUT2D eigenvalue weighted by atomic mass is 9.74. The lowest BCUT2D eigenvalue weighted by molar-refractivity contribution is 0.134. The van der Waals surface area contributed by atoms with Crippen molar-refractivity contribution in [3.05, 3.63) is 101 Å². The predicted octanol–water partition coefficient (Wildman–Crippen LogP) is 4.37. The monoisotopic (exact) mass is 488 g/mol. The van der Waals surface area contributed by atoms with Gasteiger partial charge in [0, 0.05) is 41.5 Å². The maximum atomic E-state index is 11.6. The van der Waals surface area contributed by atoms with Crippen molar-refractivity contribution in [2.24, 2.45) is 0 Å². The highest BCUT2D eigenvalue weighted by Gasteiger charge is 2.48. The van der Waals surface area contributed by atoms with Crippen molar-refractivity contribution in [1.82, 2.24) is 0 Å². The van der Waals surface area contributed by atoms with Gasteiger partial charge in [-0.3, -0.25) is 0 Å². The highest BCUT2D eigenvalue weighted by atomic mass is 16.3. The van der Waals surface area contributed by atoms with Gasteiger partial charge >= 0.3 is 0 Å². The Kier molecular flexibility index (Phi) is 5.53. The average Bonchev–Trinajstić information content (AvgIpc) is 3.13. The Hall–Kier alpha value is -4.56. The van der Waals surface area contributed by atoms with Crippen LogP contribution < -0.4 is 0 Å². The van der Waals surface area contributed by atoms with Gasteiger partial charge in [-0.1, -0.05) is 18.2 Å². The zero-order valence-electron chi connectivity index (χ0n) is 18.8. The molecule has 0 aliphatic heterocycles. The van der Waals surface area contributed by atoms with Gasteiger partial charge in [0.15, 0.2) is 0 Å². The van der Waals surface area contributed by atoms with Crippen LogP contribution in [0.15, 0.2) is 72.8 Å². The van der Waals surface area contributed by atoms with Crippen LogP contribution in [0, 0.1) is 0 Å². The highest BCUT2D eigenvalue weighted by molar-refractivity contribution is 5.62. The SMILES string of the molecule is Oc1ccc([C@@H](O)[C@@H]2c3cc(O)cc(O)c3[C@@H](c3cc(O)cc(O)c3)[C@H]2c2ccc(O)cc2O)cc1. The van der Waals surface area contributed by atoms with Gasteiger partial charge in [0.2, 0.25) is 0 Å². The molecule has 0 aromatic heterocycles. The molecule has 8 nitrogen and oxygen atoms in total. The Labute approximate surface area is 205 Å². The molecule has 36 heavy (non-hydrogen) atoms. The van der Waals surface area contributed by atoms with Gasteiger partial charge in [0.25, 0.3) is 0 Å². The first-order valence-corrected chi connectivity index (χ1v) is 11.2. The van der Waals surface area contributed by atoms with E-state index in [1.165, 1.54) is 42.5 Å². The number of phenolic OH excluding ortho intramolecular Hbond substituents is 7. The highest BCUT2D eigenvalue weighted by Crippen LogP contribution is 2.62. The standard InChI is InChI=1S/C28H24O8/c29-15-3-1-13(2-4-15)28(36)27-21-10-19(33)12-23(35)25(21)24(14-7-17(31)9-18(32)8-14)26(27)20-6-5-16(30)11-22(20)34/h1-12,24,26-36H/t24-,26-,27-,28-/m1/s1. The van der Waals surface area contributed by atoms with Crippen molar-refractivity contribution in [1.29, 1.82) is 0 Å². The number of hydrogen-bond donors (Lipinski definition) is 8. The maximum absolute atomic E-state index is 11.6. The molecule has 0 amide bonds. The molecule has 0 spiro atoms. The molecular weight excluding hydrogens is 464 g/mol. The third-order valence-corrected chi connectivity index (χ3v) is 6.82. The van der Waals surface area contributed by atoms with Crippen molar-refractivity contribution in [2.45, 2.75) is 23.9 Å². The molecule has 4 aromatic carbocycles. The maximum Gasteiger partial charge on any atom is 0.123 e. The van der Waals surface area contributed by atoms with E-state index in [1.807, 2.05) is 0 Å². The molecular formula is C28H24O8. The Morgan fingerprint density at radius 3 is 1.75 bits per heavy atom. The fourth-order valence-corrected chi connectivity index (χ4v) is 5.44. The van der Waals surface area contributed by atoms with Crippen molar-refractivity contribution in [3.8, 4) is 40.2 Å². The van der Waals surface area contributed by atoms with Gasteiger partial charge in [0.05, 0.1) is 6.10 Å².